The summed E-state index contributed by atoms with van der Waals surface area (Å²) in [5.74, 6) is -0.883. The second-order valence-electron chi connectivity index (χ2n) is 7.26. The molecular formula is C19H24BrNO3. The second-order valence-corrected chi connectivity index (χ2v) is 8.18. The topological polar surface area (TPSA) is 57.6 Å². The maximum Gasteiger partial charge on any atom is 0.306 e. The smallest absolute Gasteiger partial charge is 0.306 e. The first-order chi connectivity index (χ1) is 11.4. The minimum absolute atomic E-state index is 0.00108. The Morgan fingerprint density at radius 2 is 2.00 bits per heavy atom. The summed E-state index contributed by atoms with van der Waals surface area (Å²) in [6.45, 7) is 3.04. The minimum atomic E-state index is -0.739. The molecule has 1 aliphatic carbocycles. The largest absolute Gasteiger partial charge is 0.481 e. The highest BCUT2D eigenvalue weighted by molar-refractivity contribution is 9.10. The SMILES string of the molecule is CC1CN(C(=O)C2(c3cccc(Br)c3)CCCC2)CCC1C(=O)O. The van der Waals surface area contributed by atoms with Gasteiger partial charge in [-0.25, -0.2) is 0 Å². The van der Waals surface area contributed by atoms with Crippen LogP contribution >= 0.6 is 15.9 Å². The molecule has 1 amide bonds. The average molecular weight is 394 g/mol. The number of aliphatic carboxylic acids is 1. The predicted molar refractivity (Wildman–Crippen MR) is 95.8 cm³/mol. The number of carbonyl (C=O) groups excluding carboxylic acids is 1. The van der Waals surface area contributed by atoms with E-state index in [9.17, 15) is 14.7 Å². The van der Waals surface area contributed by atoms with Crippen LogP contribution in [0.5, 0.6) is 0 Å². The number of benzene rings is 1. The van der Waals surface area contributed by atoms with Gasteiger partial charge in [-0.2, -0.15) is 0 Å². The predicted octanol–water partition coefficient (Wildman–Crippen LogP) is 3.83. The van der Waals surface area contributed by atoms with Crippen molar-refractivity contribution < 1.29 is 14.7 Å². The van der Waals surface area contributed by atoms with Gasteiger partial charge >= 0.3 is 5.97 Å². The Morgan fingerprint density at radius 1 is 1.29 bits per heavy atom. The Morgan fingerprint density at radius 3 is 2.58 bits per heavy atom. The normalized spacial score (nSPS) is 26.3. The first-order valence-electron chi connectivity index (χ1n) is 8.72. The molecule has 1 aromatic carbocycles. The molecule has 24 heavy (non-hydrogen) atoms. The van der Waals surface area contributed by atoms with E-state index in [-0.39, 0.29) is 17.7 Å². The van der Waals surface area contributed by atoms with Crippen LogP contribution < -0.4 is 0 Å². The molecule has 1 heterocycles. The Labute approximate surface area is 151 Å². The summed E-state index contributed by atoms with van der Waals surface area (Å²) < 4.78 is 0.997. The van der Waals surface area contributed by atoms with E-state index in [2.05, 4.69) is 28.1 Å². The van der Waals surface area contributed by atoms with Crippen molar-refractivity contribution >= 4 is 27.8 Å². The molecule has 0 radical (unpaired) electrons. The van der Waals surface area contributed by atoms with Gasteiger partial charge in [0.1, 0.15) is 0 Å². The van der Waals surface area contributed by atoms with Crippen LogP contribution in [0, 0.1) is 11.8 Å². The maximum absolute atomic E-state index is 13.4. The van der Waals surface area contributed by atoms with E-state index in [1.54, 1.807) is 0 Å². The van der Waals surface area contributed by atoms with Gasteiger partial charge in [0.05, 0.1) is 11.3 Å². The number of halogens is 1. The summed E-state index contributed by atoms with van der Waals surface area (Å²) in [6, 6.07) is 8.10. The lowest BCUT2D eigenvalue weighted by Crippen LogP contribution is -2.51. The fourth-order valence-corrected chi connectivity index (χ4v) is 4.79. The van der Waals surface area contributed by atoms with Gasteiger partial charge in [0.25, 0.3) is 0 Å². The molecule has 2 unspecified atom stereocenters. The van der Waals surface area contributed by atoms with Gasteiger partial charge in [0.15, 0.2) is 0 Å². The van der Waals surface area contributed by atoms with E-state index >= 15 is 0 Å². The fourth-order valence-electron chi connectivity index (χ4n) is 4.39. The molecule has 0 spiro atoms. The number of piperidine rings is 1. The molecule has 130 valence electrons. The Bertz CT molecular complexity index is 639. The van der Waals surface area contributed by atoms with Crippen molar-refractivity contribution in [2.75, 3.05) is 13.1 Å². The van der Waals surface area contributed by atoms with Gasteiger partial charge in [-0.1, -0.05) is 47.8 Å². The first kappa shape index (κ1) is 17.5. The maximum atomic E-state index is 13.4. The van der Waals surface area contributed by atoms with Gasteiger partial charge in [-0.05, 0) is 42.9 Å². The summed E-state index contributed by atoms with van der Waals surface area (Å²) in [5.41, 5.74) is 0.659. The van der Waals surface area contributed by atoms with Crippen LogP contribution in [-0.2, 0) is 15.0 Å². The van der Waals surface area contributed by atoms with Crippen LogP contribution in [0.4, 0.5) is 0 Å². The molecule has 2 aliphatic rings. The molecule has 1 N–H and O–H groups in total. The standard InChI is InChI=1S/C19H24BrNO3/c1-13-12-21(10-7-16(13)17(22)23)18(24)19(8-2-3-9-19)14-5-4-6-15(20)11-14/h4-6,11,13,16H,2-3,7-10,12H2,1H3,(H,22,23). The van der Waals surface area contributed by atoms with Crippen molar-refractivity contribution in [2.45, 2.75) is 44.4 Å². The molecule has 4 nitrogen and oxygen atoms in total. The van der Waals surface area contributed by atoms with Gasteiger partial charge in [0, 0.05) is 17.6 Å². The first-order valence-corrected chi connectivity index (χ1v) is 9.51. The number of hydrogen-bond acceptors (Lipinski definition) is 2. The highest BCUT2D eigenvalue weighted by Gasteiger charge is 2.46. The van der Waals surface area contributed by atoms with Crippen molar-refractivity contribution in [3.63, 3.8) is 0 Å². The molecule has 0 aromatic heterocycles. The zero-order valence-corrected chi connectivity index (χ0v) is 15.6. The number of likely N-dealkylation sites (tertiary alicyclic amines) is 1. The Kier molecular flexibility index (Phi) is 5.00. The molecule has 3 rings (SSSR count). The third kappa shape index (κ3) is 3.10. The molecule has 1 aromatic rings. The third-order valence-electron chi connectivity index (χ3n) is 5.75. The second kappa shape index (κ2) is 6.87. The van der Waals surface area contributed by atoms with E-state index in [1.165, 1.54) is 0 Å². The van der Waals surface area contributed by atoms with E-state index in [0.29, 0.717) is 19.5 Å². The molecule has 0 bridgehead atoms. The lowest BCUT2D eigenvalue weighted by Gasteiger charge is -2.40. The lowest BCUT2D eigenvalue weighted by atomic mass is 9.76. The Balaban J connectivity index is 1.85. The van der Waals surface area contributed by atoms with Crippen molar-refractivity contribution in [1.82, 2.24) is 4.90 Å². The van der Waals surface area contributed by atoms with E-state index in [4.69, 9.17) is 0 Å². The Hall–Kier alpha value is -1.36. The molecule has 1 saturated carbocycles. The highest BCUT2D eigenvalue weighted by atomic mass is 79.9. The van der Waals surface area contributed by atoms with Crippen LogP contribution in [0.2, 0.25) is 0 Å². The van der Waals surface area contributed by atoms with E-state index < -0.39 is 11.4 Å². The summed E-state index contributed by atoms with van der Waals surface area (Å²) in [5, 5.41) is 9.30. The van der Waals surface area contributed by atoms with Gasteiger partial charge in [-0.3, -0.25) is 9.59 Å². The number of carbonyl (C=O) groups is 2. The summed E-state index contributed by atoms with van der Waals surface area (Å²) >= 11 is 3.52. The third-order valence-corrected chi connectivity index (χ3v) is 6.25. The van der Waals surface area contributed by atoms with E-state index in [1.807, 2.05) is 24.0 Å². The highest BCUT2D eigenvalue weighted by Crippen LogP contribution is 2.44. The lowest BCUT2D eigenvalue weighted by molar-refractivity contribution is -0.150. The molecule has 2 atom stereocenters. The number of carboxylic acid groups (broad SMARTS) is 1. The van der Waals surface area contributed by atoms with Gasteiger partial charge < -0.3 is 10.0 Å². The average Bonchev–Trinajstić information content (AvgIpc) is 3.04. The molecule has 1 aliphatic heterocycles. The summed E-state index contributed by atoms with van der Waals surface area (Å²) in [7, 11) is 0. The molecule has 1 saturated heterocycles. The number of amides is 1. The molecule has 5 heteroatoms. The van der Waals surface area contributed by atoms with Gasteiger partial charge in [0.2, 0.25) is 5.91 Å². The van der Waals surface area contributed by atoms with Crippen LogP contribution in [0.25, 0.3) is 0 Å². The van der Waals surface area contributed by atoms with Crippen molar-refractivity contribution in [2.24, 2.45) is 11.8 Å². The fraction of sp³-hybridized carbons (Fsp3) is 0.579. The van der Waals surface area contributed by atoms with Crippen molar-refractivity contribution in [1.29, 1.82) is 0 Å². The van der Waals surface area contributed by atoms with Crippen LogP contribution in [0.15, 0.2) is 28.7 Å². The monoisotopic (exact) mass is 393 g/mol. The van der Waals surface area contributed by atoms with Crippen molar-refractivity contribution in [3.05, 3.63) is 34.3 Å². The quantitative estimate of drug-likeness (QED) is 0.848. The number of rotatable bonds is 3. The van der Waals surface area contributed by atoms with Crippen molar-refractivity contribution in [3.8, 4) is 0 Å². The zero-order chi connectivity index (χ0) is 17.3. The van der Waals surface area contributed by atoms with Crippen LogP contribution in [0.1, 0.15) is 44.6 Å². The number of hydrogen-bond donors (Lipinski definition) is 1. The summed E-state index contributed by atoms with van der Waals surface area (Å²) in [6.07, 6.45) is 4.46. The molecule has 2 fully saturated rings. The zero-order valence-electron chi connectivity index (χ0n) is 14.0. The van der Waals surface area contributed by atoms with Crippen LogP contribution in [0.3, 0.4) is 0 Å². The number of carboxylic acids is 1. The number of nitrogens with zero attached hydrogens (tertiary/aromatic N) is 1. The van der Waals surface area contributed by atoms with Crippen LogP contribution in [-0.4, -0.2) is 35.0 Å². The molecular weight excluding hydrogens is 370 g/mol. The summed E-state index contributed by atoms with van der Waals surface area (Å²) in [4.78, 5) is 26.6. The van der Waals surface area contributed by atoms with E-state index in [0.717, 1.165) is 35.7 Å². The minimum Gasteiger partial charge on any atom is -0.481 e. The van der Waals surface area contributed by atoms with Gasteiger partial charge in [-0.15, -0.1) is 0 Å².